The summed E-state index contributed by atoms with van der Waals surface area (Å²) in [6.45, 7) is 4.79. The molecule has 0 bridgehead atoms. The maximum Gasteiger partial charge on any atom is 0.254 e. The molecule has 0 aliphatic carbocycles. The third-order valence-electron chi connectivity index (χ3n) is 4.17. The third-order valence-corrected chi connectivity index (χ3v) is 4.17. The van der Waals surface area contributed by atoms with Gasteiger partial charge in [-0.1, -0.05) is 24.3 Å². The monoisotopic (exact) mass is 297 g/mol. The van der Waals surface area contributed by atoms with Crippen LogP contribution in [0.15, 0.2) is 29.1 Å². The van der Waals surface area contributed by atoms with Gasteiger partial charge in [0, 0.05) is 18.7 Å². The number of rotatable bonds is 2. The Morgan fingerprint density at radius 2 is 2.00 bits per heavy atom. The quantitative estimate of drug-likeness (QED) is 0.914. The maximum absolute atomic E-state index is 12.5. The third kappa shape index (κ3) is 2.79. The predicted octanol–water partition coefficient (Wildman–Crippen LogP) is 1.51. The zero-order valence-electron chi connectivity index (χ0n) is 12.8. The number of benzene rings is 1. The molecular formula is C17H19N3O2. The van der Waals surface area contributed by atoms with E-state index in [9.17, 15) is 9.59 Å². The molecule has 1 aliphatic heterocycles. The fraction of sp³-hybridized carbons (Fsp3) is 0.353. The van der Waals surface area contributed by atoms with Crippen molar-refractivity contribution in [1.29, 1.82) is 0 Å². The summed E-state index contributed by atoms with van der Waals surface area (Å²) in [4.78, 5) is 33.1. The van der Waals surface area contributed by atoms with Crippen LogP contribution in [0.2, 0.25) is 0 Å². The van der Waals surface area contributed by atoms with E-state index in [0.29, 0.717) is 23.6 Å². The zero-order chi connectivity index (χ0) is 15.7. The average molecular weight is 297 g/mol. The number of hydrogen-bond acceptors (Lipinski definition) is 3. The first-order chi connectivity index (χ1) is 10.5. The van der Waals surface area contributed by atoms with Crippen LogP contribution in [0, 0.1) is 13.8 Å². The van der Waals surface area contributed by atoms with Crippen molar-refractivity contribution >= 4 is 5.91 Å². The number of nitrogens with one attached hydrogen (secondary N) is 1. The summed E-state index contributed by atoms with van der Waals surface area (Å²) < 4.78 is 0. The van der Waals surface area contributed by atoms with Crippen molar-refractivity contribution in [2.75, 3.05) is 6.54 Å². The SMILES string of the molecule is Cc1nc(CC(=O)N2CCc3ccccc3C2)c(C)c(=O)[nH]1. The summed E-state index contributed by atoms with van der Waals surface area (Å²) in [5.74, 6) is 0.567. The maximum atomic E-state index is 12.5. The summed E-state index contributed by atoms with van der Waals surface area (Å²) >= 11 is 0. The number of nitrogens with zero attached hydrogens (tertiary/aromatic N) is 2. The molecule has 0 atom stereocenters. The minimum absolute atomic E-state index is 0.0232. The van der Waals surface area contributed by atoms with Gasteiger partial charge in [-0.2, -0.15) is 0 Å². The van der Waals surface area contributed by atoms with Gasteiger partial charge in [0.05, 0.1) is 12.1 Å². The van der Waals surface area contributed by atoms with E-state index in [2.05, 4.69) is 22.1 Å². The fourth-order valence-corrected chi connectivity index (χ4v) is 2.84. The number of aromatic nitrogens is 2. The van der Waals surface area contributed by atoms with Crippen LogP contribution in [0.4, 0.5) is 0 Å². The van der Waals surface area contributed by atoms with Crippen molar-refractivity contribution in [1.82, 2.24) is 14.9 Å². The average Bonchev–Trinajstić information content (AvgIpc) is 2.51. The number of amides is 1. The van der Waals surface area contributed by atoms with Crippen LogP contribution in [-0.4, -0.2) is 27.3 Å². The molecule has 1 aromatic heterocycles. The summed E-state index contributed by atoms with van der Waals surface area (Å²) in [5, 5.41) is 0. The molecule has 1 aromatic carbocycles. The smallest absolute Gasteiger partial charge is 0.254 e. The molecular weight excluding hydrogens is 278 g/mol. The summed E-state index contributed by atoms with van der Waals surface area (Å²) in [6, 6.07) is 8.21. The van der Waals surface area contributed by atoms with Crippen molar-refractivity contribution < 1.29 is 4.79 Å². The van der Waals surface area contributed by atoms with Crippen LogP contribution in [0.25, 0.3) is 0 Å². The van der Waals surface area contributed by atoms with Crippen LogP contribution in [0.5, 0.6) is 0 Å². The summed E-state index contributed by atoms with van der Waals surface area (Å²) in [6.07, 6.45) is 1.06. The first-order valence-corrected chi connectivity index (χ1v) is 7.45. The Kier molecular flexibility index (Phi) is 3.79. The van der Waals surface area contributed by atoms with E-state index >= 15 is 0 Å². The van der Waals surface area contributed by atoms with Crippen LogP contribution >= 0.6 is 0 Å². The van der Waals surface area contributed by atoms with E-state index in [1.54, 1.807) is 13.8 Å². The highest BCUT2D eigenvalue weighted by Gasteiger charge is 2.21. The van der Waals surface area contributed by atoms with Gasteiger partial charge in [0.15, 0.2) is 0 Å². The molecule has 0 radical (unpaired) electrons. The number of hydrogen-bond donors (Lipinski definition) is 1. The van der Waals surface area contributed by atoms with Gasteiger partial charge in [0.2, 0.25) is 5.91 Å². The van der Waals surface area contributed by atoms with Crippen molar-refractivity contribution in [3.05, 3.63) is 62.8 Å². The van der Waals surface area contributed by atoms with Gasteiger partial charge < -0.3 is 9.88 Å². The molecule has 0 saturated heterocycles. The Morgan fingerprint density at radius 3 is 2.77 bits per heavy atom. The highest BCUT2D eigenvalue weighted by molar-refractivity contribution is 5.79. The second-order valence-corrected chi connectivity index (χ2v) is 5.73. The largest absolute Gasteiger partial charge is 0.338 e. The lowest BCUT2D eigenvalue weighted by Crippen LogP contribution is -2.37. The Morgan fingerprint density at radius 1 is 1.27 bits per heavy atom. The van der Waals surface area contributed by atoms with E-state index < -0.39 is 0 Å². The lowest BCUT2D eigenvalue weighted by atomic mass is 9.99. The standard InChI is InChI=1S/C17H19N3O2/c1-11-15(18-12(2)19-17(11)22)9-16(21)20-8-7-13-5-3-4-6-14(13)10-20/h3-6H,7-10H2,1-2H3,(H,18,19,22). The fourth-order valence-electron chi connectivity index (χ4n) is 2.84. The zero-order valence-corrected chi connectivity index (χ0v) is 12.8. The molecule has 0 saturated carbocycles. The second kappa shape index (κ2) is 5.75. The molecule has 1 amide bonds. The molecule has 0 unspecified atom stereocenters. The normalized spacial score (nSPS) is 13.8. The number of aromatic amines is 1. The van der Waals surface area contributed by atoms with E-state index in [4.69, 9.17) is 0 Å². The molecule has 0 spiro atoms. The second-order valence-electron chi connectivity index (χ2n) is 5.73. The first kappa shape index (κ1) is 14.5. The topological polar surface area (TPSA) is 66.1 Å². The summed E-state index contributed by atoms with van der Waals surface area (Å²) in [5.41, 5.74) is 3.45. The Labute approximate surface area is 129 Å². The van der Waals surface area contributed by atoms with Crippen LogP contribution < -0.4 is 5.56 Å². The number of fused-ring (bicyclic) bond motifs is 1. The minimum atomic E-state index is -0.167. The molecule has 22 heavy (non-hydrogen) atoms. The first-order valence-electron chi connectivity index (χ1n) is 7.45. The molecule has 5 heteroatoms. The van der Waals surface area contributed by atoms with Crippen LogP contribution in [0.1, 0.15) is 28.2 Å². The van der Waals surface area contributed by atoms with Gasteiger partial charge in [-0.3, -0.25) is 9.59 Å². The number of aryl methyl sites for hydroxylation is 1. The molecule has 2 heterocycles. The number of carbonyl (C=O) groups is 1. The van der Waals surface area contributed by atoms with Gasteiger partial charge in [-0.15, -0.1) is 0 Å². The van der Waals surface area contributed by atoms with Gasteiger partial charge >= 0.3 is 0 Å². The van der Waals surface area contributed by atoms with Crippen molar-refractivity contribution in [2.45, 2.75) is 33.2 Å². The number of H-pyrrole nitrogens is 1. The van der Waals surface area contributed by atoms with Crippen molar-refractivity contribution in [2.24, 2.45) is 0 Å². The molecule has 114 valence electrons. The van der Waals surface area contributed by atoms with Gasteiger partial charge in [0.1, 0.15) is 5.82 Å². The van der Waals surface area contributed by atoms with E-state index in [1.807, 2.05) is 17.0 Å². The highest BCUT2D eigenvalue weighted by Crippen LogP contribution is 2.19. The van der Waals surface area contributed by atoms with Crippen molar-refractivity contribution in [3.8, 4) is 0 Å². The van der Waals surface area contributed by atoms with Crippen LogP contribution in [-0.2, 0) is 24.2 Å². The molecule has 1 N–H and O–H groups in total. The van der Waals surface area contributed by atoms with E-state index in [-0.39, 0.29) is 17.9 Å². The molecule has 1 aliphatic rings. The van der Waals surface area contributed by atoms with Crippen molar-refractivity contribution in [3.63, 3.8) is 0 Å². The lowest BCUT2D eigenvalue weighted by Gasteiger charge is -2.29. The summed E-state index contributed by atoms with van der Waals surface area (Å²) in [7, 11) is 0. The Bertz CT molecular complexity index is 780. The van der Waals surface area contributed by atoms with E-state index in [1.165, 1.54) is 11.1 Å². The molecule has 2 aromatic rings. The highest BCUT2D eigenvalue weighted by atomic mass is 16.2. The van der Waals surface area contributed by atoms with Gasteiger partial charge in [-0.05, 0) is 31.4 Å². The molecule has 3 rings (SSSR count). The Balaban J connectivity index is 1.78. The van der Waals surface area contributed by atoms with Crippen LogP contribution in [0.3, 0.4) is 0 Å². The minimum Gasteiger partial charge on any atom is -0.338 e. The van der Waals surface area contributed by atoms with E-state index in [0.717, 1.165) is 13.0 Å². The molecule has 0 fully saturated rings. The van der Waals surface area contributed by atoms with Gasteiger partial charge in [-0.25, -0.2) is 4.98 Å². The molecule has 5 nitrogen and oxygen atoms in total. The number of carbonyl (C=O) groups excluding carboxylic acids is 1. The predicted molar refractivity (Wildman–Crippen MR) is 83.6 cm³/mol. The Hall–Kier alpha value is -2.43. The van der Waals surface area contributed by atoms with Gasteiger partial charge in [0.25, 0.3) is 5.56 Å². The lowest BCUT2D eigenvalue weighted by molar-refractivity contribution is -0.131.